The Balaban J connectivity index is 2.09. The fourth-order valence-electron chi connectivity index (χ4n) is 1.67. The van der Waals surface area contributed by atoms with Gasteiger partial charge in [-0.05, 0) is 36.2 Å². The third kappa shape index (κ3) is 2.88. The molecule has 0 radical (unpaired) electrons. The van der Waals surface area contributed by atoms with Gasteiger partial charge in [0.1, 0.15) is 12.4 Å². The summed E-state index contributed by atoms with van der Waals surface area (Å²) < 4.78 is 5.66. The summed E-state index contributed by atoms with van der Waals surface area (Å²) in [6.07, 6.45) is 0. The molecule has 0 unspecified atom stereocenters. The van der Waals surface area contributed by atoms with Crippen LogP contribution >= 0.6 is 0 Å². The Labute approximate surface area is 106 Å². The van der Waals surface area contributed by atoms with E-state index in [1.807, 2.05) is 37.3 Å². The molecule has 0 spiro atoms. The van der Waals surface area contributed by atoms with Crippen molar-refractivity contribution in [2.45, 2.75) is 13.5 Å². The van der Waals surface area contributed by atoms with Crippen LogP contribution in [0.5, 0.6) is 5.75 Å². The quantitative estimate of drug-likeness (QED) is 0.895. The summed E-state index contributed by atoms with van der Waals surface area (Å²) in [4.78, 5) is 10.8. The molecule has 3 nitrogen and oxygen atoms in total. The van der Waals surface area contributed by atoms with Crippen LogP contribution in [0.15, 0.2) is 48.5 Å². The Kier molecular flexibility index (Phi) is 3.63. The van der Waals surface area contributed by atoms with Crippen LogP contribution in [-0.4, -0.2) is 11.1 Å². The summed E-state index contributed by atoms with van der Waals surface area (Å²) in [5.74, 6) is -0.106. The number of hydrogen-bond donors (Lipinski definition) is 1. The van der Waals surface area contributed by atoms with Gasteiger partial charge < -0.3 is 9.84 Å². The molecule has 0 aliphatic heterocycles. The van der Waals surface area contributed by atoms with Crippen molar-refractivity contribution in [3.8, 4) is 5.75 Å². The van der Waals surface area contributed by atoms with E-state index in [2.05, 4.69) is 0 Å². The minimum absolute atomic E-state index is 0.279. The van der Waals surface area contributed by atoms with Crippen LogP contribution in [0.1, 0.15) is 21.5 Å². The second-order valence-corrected chi connectivity index (χ2v) is 4.06. The first-order valence-electron chi connectivity index (χ1n) is 5.67. The van der Waals surface area contributed by atoms with E-state index in [0.29, 0.717) is 6.61 Å². The zero-order valence-electron chi connectivity index (χ0n) is 10.1. The number of carbonyl (C=O) groups is 1. The van der Waals surface area contributed by atoms with E-state index in [-0.39, 0.29) is 5.56 Å². The van der Waals surface area contributed by atoms with Crippen LogP contribution < -0.4 is 4.74 Å². The molecule has 0 aliphatic rings. The van der Waals surface area contributed by atoms with E-state index in [0.717, 1.165) is 16.9 Å². The van der Waals surface area contributed by atoms with Gasteiger partial charge in [-0.3, -0.25) is 0 Å². The molecule has 0 bridgehead atoms. The fourth-order valence-corrected chi connectivity index (χ4v) is 1.67. The molecule has 1 N–H and O–H groups in total. The number of para-hydroxylation sites is 1. The standard InChI is InChI=1S/C15H14O3/c1-11-5-2-3-8-14(11)18-10-12-6-4-7-13(9-12)15(16)17/h2-9H,10H2,1H3,(H,16,17). The van der Waals surface area contributed by atoms with E-state index in [1.54, 1.807) is 18.2 Å². The molecule has 0 atom stereocenters. The molecule has 2 rings (SSSR count). The molecular weight excluding hydrogens is 228 g/mol. The highest BCUT2D eigenvalue weighted by atomic mass is 16.5. The van der Waals surface area contributed by atoms with Crippen molar-refractivity contribution in [3.63, 3.8) is 0 Å². The molecule has 2 aromatic rings. The van der Waals surface area contributed by atoms with Crippen LogP contribution in [0.3, 0.4) is 0 Å². The average Bonchev–Trinajstić information content (AvgIpc) is 2.38. The normalized spacial score (nSPS) is 10.1. The third-order valence-corrected chi connectivity index (χ3v) is 2.66. The van der Waals surface area contributed by atoms with E-state index in [1.165, 1.54) is 0 Å². The van der Waals surface area contributed by atoms with E-state index < -0.39 is 5.97 Å². The van der Waals surface area contributed by atoms with Gasteiger partial charge in [-0.1, -0.05) is 30.3 Å². The van der Waals surface area contributed by atoms with Gasteiger partial charge in [0.15, 0.2) is 0 Å². The number of rotatable bonds is 4. The minimum atomic E-state index is -0.923. The van der Waals surface area contributed by atoms with E-state index in [4.69, 9.17) is 9.84 Å². The Bertz CT molecular complexity index is 561. The molecule has 0 aromatic heterocycles. The summed E-state index contributed by atoms with van der Waals surface area (Å²) in [5, 5.41) is 8.90. The lowest BCUT2D eigenvalue weighted by atomic mass is 10.1. The monoisotopic (exact) mass is 242 g/mol. The fraction of sp³-hybridized carbons (Fsp3) is 0.133. The molecule has 0 aliphatic carbocycles. The van der Waals surface area contributed by atoms with Crippen LogP contribution in [0, 0.1) is 6.92 Å². The van der Waals surface area contributed by atoms with E-state index in [9.17, 15) is 4.79 Å². The molecular formula is C15H14O3. The lowest BCUT2D eigenvalue weighted by molar-refractivity contribution is 0.0696. The highest BCUT2D eigenvalue weighted by Crippen LogP contribution is 2.18. The summed E-state index contributed by atoms with van der Waals surface area (Å²) >= 11 is 0. The highest BCUT2D eigenvalue weighted by molar-refractivity contribution is 5.87. The first-order valence-corrected chi connectivity index (χ1v) is 5.67. The number of benzene rings is 2. The second kappa shape index (κ2) is 5.36. The number of ether oxygens (including phenoxy) is 1. The van der Waals surface area contributed by atoms with Gasteiger partial charge in [0.2, 0.25) is 0 Å². The molecule has 92 valence electrons. The van der Waals surface area contributed by atoms with Crippen LogP contribution in [0.25, 0.3) is 0 Å². The number of aromatic carboxylic acids is 1. The number of carboxylic acids is 1. The van der Waals surface area contributed by atoms with Crippen molar-refractivity contribution in [1.29, 1.82) is 0 Å². The van der Waals surface area contributed by atoms with Crippen molar-refractivity contribution >= 4 is 5.97 Å². The summed E-state index contributed by atoms with van der Waals surface area (Å²) in [6, 6.07) is 14.5. The van der Waals surface area contributed by atoms with Crippen molar-refractivity contribution in [2.75, 3.05) is 0 Å². The van der Waals surface area contributed by atoms with E-state index >= 15 is 0 Å². The van der Waals surface area contributed by atoms with Gasteiger partial charge in [0, 0.05) is 0 Å². The number of hydrogen-bond acceptors (Lipinski definition) is 2. The lowest BCUT2D eigenvalue weighted by Gasteiger charge is -2.09. The third-order valence-electron chi connectivity index (χ3n) is 2.66. The molecule has 0 fully saturated rings. The zero-order chi connectivity index (χ0) is 13.0. The summed E-state index contributed by atoms with van der Waals surface area (Å²) in [6.45, 7) is 2.34. The number of aryl methyl sites for hydroxylation is 1. The maximum Gasteiger partial charge on any atom is 0.335 e. The minimum Gasteiger partial charge on any atom is -0.489 e. The Hall–Kier alpha value is -2.29. The highest BCUT2D eigenvalue weighted by Gasteiger charge is 2.04. The largest absolute Gasteiger partial charge is 0.489 e. The first kappa shape index (κ1) is 12.2. The lowest BCUT2D eigenvalue weighted by Crippen LogP contribution is -2.00. The molecule has 18 heavy (non-hydrogen) atoms. The Morgan fingerprint density at radius 2 is 1.94 bits per heavy atom. The topological polar surface area (TPSA) is 46.5 Å². The SMILES string of the molecule is Cc1ccccc1OCc1cccc(C(=O)O)c1. The molecule has 0 heterocycles. The molecule has 3 heteroatoms. The van der Waals surface area contributed by atoms with Gasteiger partial charge in [0.05, 0.1) is 5.56 Å². The van der Waals surface area contributed by atoms with Gasteiger partial charge in [0.25, 0.3) is 0 Å². The summed E-state index contributed by atoms with van der Waals surface area (Å²) in [7, 11) is 0. The maximum atomic E-state index is 10.8. The average molecular weight is 242 g/mol. The Morgan fingerprint density at radius 3 is 2.67 bits per heavy atom. The molecule has 2 aromatic carbocycles. The summed E-state index contributed by atoms with van der Waals surface area (Å²) in [5.41, 5.74) is 2.19. The zero-order valence-corrected chi connectivity index (χ0v) is 10.1. The maximum absolute atomic E-state index is 10.8. The van der Waals surface area contributed by atoms with Gasteiger partial charge in [-0.15, -0.1) is 0 Å². The van der Waals surface area contributed by atoms with Crippen LogP contribution in [-0.2, 0) is 6.61 Å². The Morgan fingerprint density at radius 1 is 1.17 bits per heavy atom. The van der Waals surface area contributed by atoms with Crippen molar-refractivity contribution in [3.05, 3.63) is 65.2 Å². The van der Waals surface area contributed by atoms with Crippen LogP contribution in [0.4, 0.5) is 0 Å². The molecule has 0 saturated carbocycles. The van der Waals surface area contributed by atoms with Crippen molar-refractivity contribution in [1.82, 2.24) is 0 Å². The number of carboxylic acid groups (broad SMARTS) is 1. The predicted octanol–water partition coefficient (Wildman–Crippen LogP) is 3.27. The first-order chi connectivity index (χ1) is 8.66. The molecule has 0 saturated heterocycles. The van der Waals surface area contributed by atoms with Gasteiger partial charge in [-0.2, -0.15) is 0 Å². The van der Waals surface area contributed by atoms with Gasteiger partial charge >= 0.3 is 5.97 Å². The van der Waals surface area contributed by atoms with Crippen molar-refractivity contribution < 1.29 is 14.6 Å². The smallest absolute Gasteiger partial charge is 0.335 e. The van der Waals surface area contributed by atoms with Crippen LogP contribution in [0.2, 0.25) is 0 Å². The second-order valence-electron chi connectivity index (χ2n) is 4.06. The molecule has 0 amide bonds. The van der Waals surface area contributed by atoms with Gasteiger partial charge in [-0.25, -0.2) is 4.79 Å². The van der Waals surface area contributed by atoms with Crippen molar-refractivity contribution in [2.24, 2.45) is 0 Å². The predicted molar refractivity (Wildman–Crippen MR) is 68.9 cm³/mol.